The van der Waals surface area contributed by atoms with Crippen molar-refractivity contribution in [2.24, 2.45) is 0 Å². The van der Waals surface area contributed by atoms with Crippen molar-refractivity contribution >= 4 is 27.9 Å². The number of hydrogen-bond donors (Lipinski definition) is 2. The van der Waals surface area contributed by atoms with Crippen LogP contribution in [0, 0.1) is 11.3 Å². The number of benzene rings is 1. The summed E-state index contributed by atoms with van der Waals surface area (Å²) in [5, 5.41) is 16.4. The van der Waals surface area contributed by atoms with E-state index in [2.05, 4.69) is 16.7 Å². The number of nitriles is 1. The lowest BCUT2D eigenvalue weighted by Crippen LogP contribution is -2.31. The first-order chi connectivity index (χ1) is 13.1. The van der Waals surface area contributed by atoms with Crippen LogP contribution in [-0.4, -0.2) is 18.6 Å². The summed E-state index contributed by atoms with van der Waals surface area (Å²) >= 11 is 1.56. The maximum Gasteiger partial charge on any atom is 0.247 e. The molecular formula is C21H25N3O2S. The average molecular weight is 384 g/mol. The Morgan fingerprint density at radius 1 is 1.26 bits per heavy atom. The van der Waals surface area contributed by atoms with E-state index in [0.29, 0.717) is 17.2 Å². The number of nitrogens with zero attached hydrogens (tertiary/aromatic N) is 1. The first-order valence-electron chi connectivity index (χ1n) is 9.47. The fraction of sp³-hybridized carbons (Fsp3) is 0.429. The van der Waals surface area contributed by atoms with Crippen molar-refractivity contribution in [2.45, 2.75) is 52.0 Å². The van der Waals surface area contributed by atoms with Crippen LogP contribution in [0.4, 0.5) is 10.7 Å². The van der Waals surface area contributed by atoms with Gasteiger partial charge in [0, 0.05) is 10.6 Å². The highest BCUT2D eigenvalue weighted by molar-refractivity contribution is 7.16. The summed E-state index contributed by atoms with van der Waals surface area (Å²) in [5.41, 5.74) is 2.64. The highest BCUT2D eigenvalue weighted by Crippen LogP contribution is 2.37. The Morgan fingerprint density at radius 3 is 2.70 bits per heavy atom. The lowest BCUT2D eigenvalue weighted by Gasteiger charge is -2.15. The molecule has 6 heteroatoms. The van der Waals surface area contributed by atoms with Crippen molar-refractivity contribution in [1.82, 2.24) is 0 Å². The summed E-state index contributed by atoms with van der Waals surface area (Å²) < 4.78 is 5.43. The van der Waals surface area contributed by atoms with Gasteiger partial charge in [0.1, 0.15) is 22.9 Å². The molecule has 0 fully saturated rings. The summed E-state index contributed by atoms with van der Waals surface area (Å²) in [5.74, 6) is 0.663. The van der Waals surface area contributed by atoms with Gasteiger partial charge in [-0.15, -0.1) is 11.3 Å². The molecule has 0 saturated carbocycles. The molecule has 1 unspecified atom stereocenters. The smallest absolute Gasteiger partial charge is 0.247 e. The van der Waals surface area contributed by atoms with Gasteiger partial charge >= 0.3 is 0 Å². The molecule has 1 heterocycles. The van der Waals surface area contributed by atoms with Crippen LogP contribution in [0.1, 0.15) is 49.1 Å². The standard InChI is InChI=1S/C21H25N3O2S/c1-3-26-16-11-9-15(10-12-16)23-14(2)20(25)24-21-18(13-22)17-7-5-4-6-8-19(17)27-21/h9-12,14,23H,3-8H2,1-2H3,(H,24,25). The number of fused-ring (bicyclic) bond motifs is 1. The minimum absolute atomic E-state index is 0.142. The Kier molecular flexibility index (Phi) is 6.36. The zero-order chi connectivity index (χ0) is 19.2. The maximum absolute atomic E-state index is 12.6. The monoisotopic (exact) mass is 383 g/mol. The molecule has 1 aromatic heterocycles. The van der Waals surface area contributed by atoms with Crippen LogP contribution in [-0.2, 0) is 17.6 Å². The Bertz CT molecular complexity index is 836. The van der Waals surface area contributed by atoms with E-state index in [-0.39, 0.29) is 5.91 Å². The fourth-order valence-electron chi connectivity index (χ4n) is 3.30. The SMILES string of the molecule is CCOc1ccc(NC(C)C(=O)Nc2sc3c(c2C#N)CCCCC3)cc1. The Hall–Kier alpha value is -2.52. The van der Waals surface area contributed by atoms with Gasteiger partial charge in [-0.25, -0.2) is 0 Å². The zero-order valence-electron chi connectivity index (χ0n) is 15.8. The predicted molar refractivity (Wildman–Crippen MR) is 110 cm³/mol. The van der Waals surface area contributed by atoms with Crippen LogP contribution in [0.3, 0.4) is 0 Å². The van der Waals surface area contributed by atoms with E-state index in [1.54, 1.807) is 11.3 Å². The van der Waals surface area contributed by atoms with E-state index >= 15 is 0 Å². The summed E-state index contributed by atoms with van der Waals surface area (Å²) in [4.78, 5) is 13.9. The van der Waals surface area contributed by atoms with Crippen molar-refractivity contribution in [2.75, 3.05) is 17.2 Å². The molecule has 142 valence electrons. The number of hydrogen-bond acceptors (Lipinski definition) is 5. The molecule has 1 amide bonds. The number of nitrogens with one attached hydrogen (secondary N) is 2. The molecule has 2 N–H and O–H groups in total. The molecule has 0 spiro atoms. The van der Waals surface area contributed by atoms with E-state index in [0.717, 1.165) is 42.7 Å². The summed E-state index contributed by atoms with van der Waals surface area (Å²) in [6, 6.07) is 9.42. The summed E-state index contributed by atoms with van der Waals surface area (Å²) in [6.07, 6.45) is 5.41. The van der Waals surface area contributed by atoms with E-state index in [9.17, 15) is 10.1 Å². The van der Waals surface area contributed by atoms with Crippen LogP contribution in [0.2, 0.25) is 0 Å². The van der Waals surface area contributed by atoms with Crippen LogP contribution in [0.15, 0.2) is 24.3 Å². The molecule has 1 aromatic carbocycles. The number of carbonyl (C=O) groups is 1. The largest absolute Gasteiger partial charge is 0.494 e. The van der Waals surface area contributed by atoms with Crippen molar-refractivity contribution in [3.8, 4) is 11.8 Å². The second kappa shape index (κ2) is 8.92. The van der Waals surface area contributed by atoms with Gasteiger partial charge in [0.25, 0.3) is 0 Å². The maximum atomic E-state index is 12.6. The molecule has 1 aliphatic carbocycles. The molecule has 5 nitrogen and oxygen atoms in total. The molecular weight excluding hydrogens is 358 g/mol. The van der Waals surface area contributed by atoms with Crippen molar-refractivity contribution < 1.29 is 9.53 Å². The average Bonchev–Trinajstić information content (AvgIpc) is 2.83. The minimum Gasteiger partial charge on any atom is -0.494 e. The zero-order valence-corrected chi connectivity index (χ0v) is 16.6. The van der Waals surface area contributed by atoms with Crippen LogP contribution >= 0.6 is 11.3 Å². The topological polar surface area (TPSA) is 74.2 Å². The van der Waals surface area contributed by atoms with E-state index in [1.807, 2.05) is 38.1 Å². The first-order valence-corrected chi connectivity index (χ1v) is 10.3. The Morgan fingerprint density at radius 2 is 2.00 bits per heavy atom. The Balaban J connectivity index is 1.67. The van der Waals surface area contributed by atoms with Crippen LogP contribution < -0.4 is 15.4 Å². The van der Waals surface area contributed by atoms with Gasteiger partial charge < -0.3 is 15.4 Å². The molecule has 0 aliphatic heterocycles. The molecule has 0 radical (unpaired) electrons. The van der Waals surface area contributed by atoms with E-state index in [1.165, 1.54) is 11.3 Å². The quantitative estimate of drug-likeness (QED) is 0.708. The number of amides is 1. The van der Waals surface area contributed by atoms with Crippen LogP contribution in [0.5, 0.6) is 5.75 Å². The lowest BCUT2D eigenvalue weighted by molar-refractivity contribution is -0.116. The van der Waals surface area contributed by atoms with Gasteiger partial charge in [-0.2, -0.15) is 5.26 Å². The van der Waals surface area contributed by atoms with E-state index in [4.69, 9.17) is 4.74 Å². The third-order valence-electron chi connectivity index (χ3n) is 4.71. The van der Waals surface area contributed by atoms with Gasteiger partial charge in [0.05, 0.1) is 12.2 Å². The number of rotatable bonds is 6. The fourth-order valence-corrected chi connectivity index (χ4v) is 4.54. The highest BCUT2D eigenvalue weighted by atomic mass is 32.1. The molecule has 0 bridgehead atoms. The second-order valence-corrected chi connectivity index (χ2v) is 7.80. The van der Waals surface area contributed by atoms with Crippen molar-refractivity contribution in [3.63, 3.8) is 0 Å². The van der Waals surface area contributed by atoms with Gasteiger partial charge in [0.2, 0.25) is 5.91 Å². The third kappa shape index (κ3) is 4.61. The number of thiophene rings is 1. The van der Waals surface area contributed by atoms with Gasteiger partial charge in [-0.05, 0) is 69.4 Å². The minimum atomic E-state index is -0.420. The van der Waals surface area contributed by atoms with Gasteiger partial charge in [0.15, 0.2) is 0 Å². The van der Waals surface area contributed by atoms with Gasteiger partial charge in [-0.1, -0.05) is 6.42 Å². The number of ether oxygens (including phenoxy) is 1. The molecule has 27 heavy (non-hydrogen) atoms. The third-order valence-corrected chi connectivity index (χ3v) is 5.92. The molecule has 1 aliphatic rings. The normalized spacial score (nSPS) is 14.4. The first kappa shape index (κ1) is 19.2. The molecule has 1 atom stereocenters. The van der Waals surface area contributed by atoms with Crippen molar-refractivity contribution in [1.29, 1.82) is 5.26 Å². The van der Waals surface area contributed by atoms with Gasteiger partial charge in [-0.3, -0.25) is 4.79 Å². The molecule has 0 saturated heterocycles. The summed E-state index contributed by atoms with van der Waals surface area (Å²) in [7, 11) is 0. The predicted octanol–water partition coefficient (Wildman–Crippen LogP) is 4.73. The lowest BCUT2D eigenvalue weighted by atomic mass is 10.1. The number of anilines is 2. The Labute approximate surface area is 164 Å². The number of aryl methyl sites for hydroxylation is 1. The molecule has 3 rings (SSSR count). The molecule has 2 aromatic rings. The van der Waals surface area contributed by atoms with Crippen molar-refractivity contribution in [3.05, 3.63) is 40.3 Å². The van der Waals surface area contributed by atoms with E-state index < -0.39 is 6.04 Å². The highest BCUT2D eigenvalue weighted by Gasteiger charge is 2.22. The summed E-state index contributed by atoms with van der Waals surface area (Å²) in [6.45, 7) is 4.38. The number of carbonyl (C=O) groups excluding carboxylic acids is 1. The van der Waals surface area contributed by atoms with Crippen LogP contribution in [0.25, 0.3) is 0 Å². The second-order valence-electron chi connectivity index (χ2n) is 6.69.